The van der Waals surface area contributed by atoms with Crippen molar-refractivity contribution in [3.05, 3.63) is 18.2 Å². The molecule has 0 aliphatic heterocycles. The van der Waals surface area contributed by atoms with E-state index in [1.54, 1.807) is 0 Å². The molecule has 13 nitrogen and oxygen atoms in total. The summed E-state index contributed by atoms with van der Waals surface area (Å²) in [7, 11) is 0. The Morgan fingerprint density at radius 2 is 1.65 bits per heavy atom. The number of aliphatic hydroxyl groups excluding tert-OH is 2. The summed E-state index contributed by atoms with van der Waals surface area (Å²) in [6.07, 6.45) is -0.108. The summed E-state index contributed by atoms with van der Waals surface area (Å²) in [4.78, 5) is 55.2. The highest BCUT2D eigenvalue weighted by atomic mass is 32.1. The predicted octanol–water partition coefficient (Wildman–Crippen LogP) is -3.49. The molecule has 14 heteroatoms. The topological polar surface area (TPSA) is 220 Å². The summed E-state index contributed by atoms with van der Waals surface area (Å²) in [5.41, 5.74) is 6.00. The van der Waals surface area contributed by atoms with Gasteiger partial charge in [0.05, 0.1) is 24.6 Å². The van der Waals surface area contributed by atoms with Gasteiger partial charge in [0.25, 0.3) is 0 Å². The Kier molecular flexibility index (Phi) is 10.4. The lowest BCUT2D eigenvalue weighted by Crippen LogP contribution is -2.61. The number of carboxylic acid groups (broad SMARTS) is 1. The van der Waals surface area contributed by atoms with Crippen molar-refractivity contribution >= 4 is 36.3 Å². The van der Waals surface area contributed by atoms with E-state index in [1.165, 1.54) is 26.4 Å². The lowest BCUT2D eigenvalue weighted by molar-refractivity contribution is -0.145. The zero-order valence-corrected chi connectivity index (χ0v) is 17.9. The standard InChI is InChI=1S/C17H28N6O7S/c1-7(24)12(22-14(26)10(18)5-31)16(28)21-11(3-9-4-19-6-20-9)15(27)23-13(8(2)25)17(29)30/h4,6-8,10-13,24-25,31H,3,5,18H2,1-2H3,(H,19,20)(H,21,28)(H,22,26)(H,23,27)(H,29,30). The van der Waals surface area contributed by atoms with E-state index < -0.39 is 60.1 Å². The molecule has 174 valence electrons. The number of carbonyl (C=O) groups excluding carboxylic acids is 3. The van der Waals surface area contributed by atoms with Gasteiger partial charge in [-0.3, -0.25) is 14.4 Å². The first-order valence-electron chi connectivity index (χ1n) is 9.31. The number of aliphatic hydroxyl groups is 2. The fourth-order valence-electron chi connectivity index (χ4n) is 2.48. The summed E-state index contributed by atoms with van der Waals surface area (Å²) in [6.45, 7) is 2.44. The fraction of sp³-hybridized carbons (Fsp3) is 0.588. The number of aromatic nitrogens is 2. The van der Waals surface area contributed by atoms with Crippen LogP contribution in [0.5, 0.6) is 0 Å². The largest absolute Gasteiger partial charge is 0.480 e. The van der Waals surface area contributed by atoms with Gasteiger partial charge in [-0.15, -0.1) is 0 Å². The SMILES string of the molecule is CC(O)C(NC(=O)C(Cc1cnc[nH]1)NC(=O)C(NC(=O)C(N)CS)C(C)O)C(=O)O. The van der Waals surface area contributed by atoms with Gasteiger partial charge in [-0.1, -0.05) is 0 Å². The molecule has 0 spiro atoms. The molecule has 3 amide bonds. The Balaban J connectivity index is 3.03. The molecule has 0 saturated heterocycles. The van der Waals surface area contributed by atoms with E-state index in [-0.39, 0.29) is 12.2 Å². The van der Waals surface area contributed by atoms with E-state index in [4.69, 9.17) is 5.73 Å². The number of nitrogens with zero attached hydrogens (tertiary/aromatic N) is 1. The number of thiol groups is 1. The molecule has 0 bridgehead atoms. The Hall–Kier alpha value is -2.68. The Morgan fingerprint density at radius 3 is 2.10 bits per heavy atom. The third-order valence-corrected chi connectivity index (χ3v) is 4.65. The van der Waals surface area contributed by atoms with Crippen LogP contribution in [-0.4, -0.2) is 91.1 Å². The minimum Gasteiger partial charge on any atom is -0.480 e. The quantitative estimate of drug-likeness (QED) is 0.141. The van der Waals surface area contributed by atoms with Crippen LogP contribution in [-0.2, 0) is 25.6 Å². The molecule has 1 rings (SSSR count). The highest BCUT2D eigenvalue weighted by molar-refractivity contribution is 7.80. The second-order valence-corrected chi connectivity index (χ2v) is 7.29. The molecule has 1 aromatic rings. The number of imidazole rings is 1. The van der Waals surface area contributed by atoms with E-state index in [2.05, 4.69) is 38.5 Å². The van der Waals surface area contributed by atoms with Crippen molar-refractivity contribution in [2.75, 3.05) is 5.75 Å². The van der Waals surface area contributed by atoms with Gasteiger partial charge in [-0.25, -0.2) is 9.78 Å². The monoisotopic (exact) mass is 460 g/mol. The van der Waals surface area contributed by atoms with Crippen molar-refractivity contribution in [2.45, 2.75) is 56.6 Å². The molecule has 9 N–H and O–H groups in total. The van der Waals surface area contributed by atoms with Crippen LogP contribution in [0.25, 0.3) is 0 Å². The van der Waals surface area contributed by atoms with E-state index in [9.17, 15) is 34.5 Å². The number of rotatable bonds is 12. The zero-order chi connectivity index (χ0) is 23.7. The van der Waals surface area contributed by atoms with Gasteiger partial charge in [0.2, 0.25) is 17.7 Å². The normalized spacial score (nSPS) is 16.8. The average molecular weight is 461 g/mol. The van der Waals surface area contributed by atoms with Crippen LogP contribution >= 0.6 is 12.6 Å². The van der Waals surface area contributed by atoms with Crippen LogP contribution in [0.15, 0.2) is 12.5 Å². The van der Waals surface area contributed by atoms with Gasteiger partial charge in [0.1, 0.15) is 12.1 Å². The molecule has 31 heavy (non-hydrogen) atoms. The van der Waals surface area contributed by atoms with E-state index in [0.717, 1.165) is 0 Å². The Labute approximate surface area is 183 Å². The number of hydrogen-bond acceptors (Lipinski definition) is 9. The van der Waals surface area contributed by atoms with Gasteiger partial charge in [-0.05, 0) is 13.8 Å². The van der Waals surface area contributed by atoms with Crippen LogP contribution in [0.4, 0.5) is 0 Å². The van der Waals surface area contributed by atoms with Crippen molar-refractivity contribution in [1.82, 2.24) is 25.9 Å². The van der Waals surface area contributed by atoms with Crippen molar-refractivity contribution in [3.8, 4) is 0 Å². The van der Waals surface area contributed by atoms with Crippen molar-refractivity contribution in [2.24, 2.45) is 5.73 Å². The maximum atomic E-state index is 12.7. The number of nitrogens with one attached hydrogen (secondary N) is 4. The number of nitrogens with two attached hydrogens (primary N) is 1. The first kappa shape index (κ1) is 26.4. The first-order valence-corrected chi connectivity index (χ1v) is 9.94. The minimum atomic E-state index is -1.62. The number of carboxylic acids is 1. The molecule has 0 aliphatic rings. The third kappa shape index (κ3) is 8.16. The van der Waals surface area contributed by atoms with Crippen molar-refractivity contribution in [1.29, 1.82) is 0 Å². The molecule has 0 aliphatic carbocycles. The summed E-state index contributed by atoms with van der Waals surface area (Å²) in [5.74, 6) is -4.01. The molecule has 0 radical (unpaired) electrons. The number of aromatic amines is 1. The Morgan fingerprint density at radius 1 is 1.06 bits per heavy atom. The van der Waals surface area contributed by atoms with Gasteiger partial charge in [-0.2, -0.15) is 12.6 Å². The molecule has 1 aromatic heterocycles. The second-order valence-electron chi connectivity index (χ2n) is 6.92. The number of aliphatic carboxylic acids is 1. The van der Waals surface area contributed by atoms with Crippen LogP contribution in [0.2, 0.25) is 0 Å². The highest BCUT2D eigenvalue weighted by Crippen LogP contribution is 2.04. The highest BCUT2D eigenvalue weighted by Gasteiger charge is 2.33. The summed E-state index contributed by atoms with van der Waals surface area (Å²) in [6, 6.07) is -5.40. The maximum absolute atomic E-state index is 12.7. The first-order chi connectivity index (χ1) is 14.5. The van der Waals surface area contributed by atoms with Crippen LogP contribution < -0.4 is 21.7 Å². The van der Waals surface area contributed by atoms with Crippen LogP contribution in [0, 0.1) is 0 Å². The van der Waals surface area contributed by atoms with E-state index in [1.807, 2.05) is 0 Å². The molecular weight excluding hydrogens is 432 g/mol. The minimum absolute atomic E-state index is 0.000752. The van der Waals surface area contributed by atoms with Gasteiger partial charge >= 0.3 is 5.97 Å². The lowest BCUT2D eigenvalue weighted by atomic mass is 10.1. The van der Waals surface area contributed by atoms with Crippen LogP contribution in [0.1, 0.15) is 19.5 Å². The third-order valence-electron chi connectivity index (χ3n) is 4.25. The molecule has 0 aromatic carbocycles. The number of hydrogen-bond donors (Lipinski definition) is 9. The summed E-state index contributed by atoms with van der Waals surface area (Å²) >= 11 is 3.90. The van der Waals surface area contributed by atoms with Gasteiger partial charge in [0.15, 0.2) is 6.04 Å². The molecular formula is C17H28N6O7S. The number of H-pyrrole nitrogens is 1. The van der Waals surface area contributed by atoms with Crippen molar-refractivity contribution < 1.29 is 34.5 Å². The van der Waals surface area contributed by atoms with Crippen LogP contribution in [0.3, 0.4) is 0 Å². The Bertz CT molecular complexity index is 758. The molecule has 1 heterocycles. The van der Waals surface area contributed by atoms with Gasteiger partial charge in [0, 0.05) is 24.1 Å². The molecule has 0 fully saturated rings. The lowest BCUT2D eigenvalue weighted by Gasteiger charge is -2.26. The predicted molar refractivity (Wildman–Crippen MR) is 111 cm³/mol. The van der Waals surface area contributed by atoms with E-state index >= 15 is 0 Å². The van der Waals surface area contributed by atoms with Gasteiger partial charge < -0.3 is 42.0 Å². The summed E-state index contributed by atoms with van der Waals surface area (Å²) < 4.78 is 0. The number of carbonyl (C=O) groups is 4. The van der Waals surface area contributed by atoms with E-state index in [0.29, 0.717) is 5.69 Å². The smallest absolute Gasteiger partial charge is 0.328 e. The second kappa shape index (κ2) is 12.2. The molecule has 0 saturated carbocycles. The molecule has 6 atom stereocenters. The summed E-state index contributed by atoms with van der Waals surface area (Å²) in [5, 5.41) is 35.5. The average Bonchev–Trinajstić information content (AvgIpc) is 3.20. The molecule has 6 unspecified atom stereocenters. The fourth-order valence-corrected chi connectivity index (χ4v) is 2.64. The zero-order valence-electron chi connectivity index (χ0n) is 17.0. The van der Waals surface area contributed by atoms with Crippen molar-refractivity contribution in [3.63, 3.8) is 0 Å². The number of amides is 3. The maximum Gasteiger partial charge on any atom is 0.328 e.